The second kappa shape index (κ2) is 9.18. The molecular weight excluding hydrogens is 469 g/mol. The number of benzene rings is 2. The predicted octanol–water partition coefficient (Wildman–Crippen LogP) is 6.67. The summed E-state index contributed by atoms with van der Waals surface area (Å²) < 4.78 is 9.93. The molecule has 0 amide bonds. The summed E-state index contributed by atoms with van der Waals surface area (Å²) in [7, 11) is 0. The maximum absolute atomic E-state index is 11.8. The molecule has 136 valence electrons. The number of ether oxygens (including phenoxy) is 2. The van der Waals surface area contributed by atoms with Gasteiger partial charge in [-0.2, -0.15) is 0 Å². The van der Waals surface area contributed by atoms with Crippen molar-refractivity contribution in [2.24, 2.45) is 0 Å². The van der Waals surface area contributed by atoms with Gasteiger partial charge in [0.15, 0.2) is 11.5 Å². The molecule has 2 aromatic rings. The van der Waals surface area contributed by atoms with Crippen LogP contribution in [0, 0.1) is 0 Å². The summed E-state index contributed by atoms with van der Waals surface area (Å²) >= 11 is 35.0. The van der Waals surface area contributed by atoms with Gasteiger partial charge in [-0.3, -0.25) is 0 Å². The zero-order valence-corrected chi connectivity index (χ0v) is 16.9. The van der Waals surface area contributed by atoms with E-state index in [1.807, 2.05) is 0 Å². The third kappa shape index (κ3) is 5.68. The molecule has 0 N–H and O–H groups in total. The Kier molecular flexibility index (Phi) is 7.47. The Balaban J connectivity index is 2.03. The second-order valence-corrected chi connectivity index (χ2v) is 7.01. The summed E-state index contributed by atoms with van der Waals surface area (Å²) in [6, 6.07) is 5.17. The van der Waals surface area contributed by atoms with Crippen LogP contribution in [0.5, 0.6) is 11.5 Å². The van der Waals surface area contributed by atoms with Crippen molar-refractivity contribution < 1.29 is 19.1 Å². The molecule has 0 saturated heterocycles. The van der Waals surface area contributed by atoms with Gasteiger partial charge in [-0.25, -0.2) is 9.59 Å². The zero-order chi connectivity index (χ0) is 19.4. The van der Waals surface area contributed by atoms with Crippen molar-refractivity contribution in [1.82, 2.24) is 0 Å². The van der Waals surface area contributed by atoms with Gasteiger partial charge >= 0.3 is 11.9 Å². The number of rotatable bonds is 4. The van der Waals surface area contributed by atoms with Crippen molar-refractivity contribution in [3.63, 3.8) is 0 Å². The molecule has 0 heterocycles. The fourth-order valence-corrected chi connectivity index (χ4v) is 2.74. The van der Waals surface area contributed by atoms with E-state index in [0.717, 1.165) is 12.2 Å². The highest BCUT2D eigenvalue weighted by Crippen LogP contribution is 2.35. The molecule has 10 heteroatoms. The van der Waals surface area contributed by atoms with Gasteiger partial charge in [-0.15, -0.1) is 0 Å². The number of halogens is 6. The van der Waals surface area contributed by atoms with E-state index in [-0.39, 0.29) is 41.6 Å². The van der Waals surface area contributed by atoms with Crippen molar-refractivity contribution in [2.45, 2.75) is 0 Å². The van der Waals surface area contributed by atoms with E-state index in [1.165, 1.54) is 24.3 Å². The molecule has 2 aromatic carbocycles. The Morgan fingerprint density at radius 1 is 0.577 bits per heavy atom. The number of carbonyl (C=O) groups is 2. The lowest BCUT2D eigenvalue weighted by Crippen LogP contribution is -2.08. The van der Waals surface area contributed by atoms with Crippen molar-refractivity contribution in [3.05, 3.63) is 66.6 Å². The number of hydrogen-bond donors (Lipinski definition) is 0. The first-order valence-corrected chi connectivity index (χ1v) is 8.85. The van der Waals surface area contributed by atoms with Crippen LogP contribution in [-0.2, 0) is 9.59 Å². The topological polar surface area (TPSA) is 52.6 Å². The molecule has 0 unspecified atom stereocenters. The lowest BCUT2D eigenvalue weighted by molar-refractivity contribution is -0.131. The normalized spacial score (nSPS) is 10.8. The first-order chi connectivity index (χ1) is 12.2. The van der Waals surface area contributed by atoms with Crippen LogP contribution in [0.15, 0.2) is 36.4 Å². The Morgan fingerprint density at radius 2 is 0.885 bits per heavy atom. The standard InChI is InChI=1S/C16H6Cl6O4/c17-7-3-11(21)13(5-9(7)19)25-15(23)1-2-16(24)26-14-6-10(20)8(18)4-12(14)22/h1-6H. The fourth-order valence-electron chi connectivity index (χ4n) is 1.59. The maximum atomic E-state index is 11.8. The molecule has 0 radical (unpaired) electrons. The van der Waals surface area contributed by atoms with Crippen molar-refractivity contribution >= 4 is 81.5 Å². The van der Waals surface area contributed by atoms with Gasteiger partial charge in [-0.1, -0.05) is 69.6 Å². The summed E-state index contributed by atoms with van der Waals surface area (Å²) in [5.74, 6) is -1.81. The molecule has 0 spiro atoms. The lowest BCUT2D eigenvalue weighted by atomic mass is 10.3. The Labute approximate surface area is 178 Å². The summed E-state index contributed by atoms with van der Waals surface area (Å²) in [5, 5.41) is 0.855. The van der Waals surface area contributed by atoms with E-state index >= 15 is 0 Å². The highest BCUT2D eigenvalue weighted by Gasteiger charge is 2.12. The van der Waals surface area contributed by atoms with Crippen LogP contribution in [-0.4, -0.2) is 11.9 Å². The molecule has 0 aliphatic rings. The smallest absolute Gasteiger partial charge is 0.336 e. The minimum absolute atomic E-state index is 0.0170. The number of esters is 2. The number of carbonyl (C=O) groups excluding carboxylic acids is 2. The van der Waals surface area contributed by atoms with Crippen LogP contribution in [0.1, 0.15) is 0 Å². The van der Waals surface area contributed by atoms with Gasteiger partial charge in [0.2, 0.25) is 0 Å². The molecule has 26 heavy (non-hydrogen) atoms. The minimum atomic E-state index is -0.887. The van der Waals surface area contributed by atoms with E-state index in [0.29, 0.717) is 0 Å². The maximum Gasteiger partial charge on any atom is 0.336 e. The predicted molar refractivity (Wildman–Crippen MR) is 103 cm³/mol. The van der Waals surface area contributed by atoms with Crippen LogP contribution in [0.25, 0.3) is 0 Å². The quantitative estimate of drug-likeness (QED) is 0.215. The average molecular weight is 475 g/mol. The van der Waals surface area contributed by atoms with Crippen LogP contribution >= 0.6 is 69.6 Å². The average Bonchev–Trinajstić information content (AvgIpc) is 2.55. The molecule has 0 aromatic heterocycles. The van der Waals surface area contributed by atoms with E-state index in [1.54, 1.807) is 0 Å². The van der Waals surface area contributed by atoms with Crippen molar-refractivity contribution in [2.75, 3.05) is 0 Å². The number of hydrogen-bond acceptors (Lipinski definition) is 4. The summed E-state index contributed by atoms with van der Waals surface area (Å²) in [5.41, 5.74) is 0. The zero-order valence-electron chi connectivity index (χ0n) is 12.4. The molecule has 0 aliphatic heterocycles. The van der Waals surface area contributed by atoms with Crippen molar-refractivity contribution in [3.8, 4) is 11.5 Å². The third-order valence-corrected chi connectivity index (χ3v) is 4.76. The van der Waals surface area contributed by atoms with Gasteiger partial charge in [0.1, 0.15) is 0 Å². The highest BCUT2D eigenvalue weighted by molar-refractivity contribution is 6.44. The van der Waals surface area contributed by atoms with E-state index in [9.17, 15) is 9.59 Å². The van der Waals surface area contributed by atoms with Crippen LogP contribution in [0.3, 0.4) is 0 Å². The largest absolute Gasteiger partial charge is 0.422 e. The fraction of sp³-hybridized carbons (Fsp3) is 0. The van der Waals surface area contributed by atoms with E-state index < -0.39 is 11.9 Å². The molecule has 0 aliphatic carbocycles. The van der Waals surface area contributed by atoms with Crippen molar-refractivity contribution in [1.29, 1.82) is 0 Å². The van der Waals surface area contributed by atoms with Crippen LogP contribution in [0.4, 0.5) is 0 Å². The summed E-state index contributed by atoms with van der Waals surface area (Å²) in [6.45, 7) is 0. The molecule has 0 bridgehead atoms. The third-order valence-electron chi connectivity index (χ3n) is 2.73. The summed E-state index contributed by atoms with van der Waals surface area (Å²) in [6.07, 6.45) is 1.68. The molecule has 0 atom stereocenters. The van der Waals surface area contributed by atoms with Crippen LogP contribution < -0.4 is 9.47 Å². The molecule has 0 fully saturated rings. The minimum Gasteiger partial charge on any atom is -0.422 e. The monoisotopic (exact) mass is 472 g/mol. The highest BCUT2D eigenvalue weighted by atomic mass is 35.5. The Hall–Kier alpha value is -1.14. The van der Waals surface area contributed by atoms with Gasteiger partial charge in [0.25, 0.3) is 0 Å². The van der Waals surface area contributed by atoms with E-state index in [2.05, 4.69) is 0 Å². The molecule has 2 rings (SSSR count). The van der Waals surface area contributed by atoms with Gasteiger partial charge in [0, 0.05) is 24.3 Å². The van der Waals surface area contributed by atoms with Gasteiger partial charge in [0.05, 0.1) is 30.1 Å². The lowest BCUT2D eigenvalue weighted by Gasteiger charge is -2.06. The second-order valence-electron chi connectivity index (χ2n) is 4.57. The molecule has 0 saturated carbocycles. The van der Waals surface area contributed by atoms with Crippen LogP contribution in [0.2, 0.25) is 30.1 Å². The summed E-state index contributed by atoms with van der Waals surface area (Å²) in [4.78, 5) is 23.5. The Bertz CT molecular complexity index is 837. The molecule has 4 nitrogen and oxygen atoms in total. The van der Waals surface area contributed by atoms with Gasteiger partial charge in [-0.05, 0) is 12.1 Å². The molecular formula is C16H6Cl6O4. The SMILES string of the molecule is O=C(C=CC(=O)Oc1cc(Cl)c(Cl)cc1Cl)Oc1cc(Cl)c(Cl)cc1Cl. The van der Waals surface area contributed by atoms with Gasteiger partial charge < -0.3 is 9.47 Å². The first kappa shape index (κ1) is 21.2. The first-order valence-electron chi connectivity index (χ1n) is 6.58. The van der Waals surface area contributed by atoms with E-state index in [4.69, 9.17) is 79.1 Å². The Morgan fingerprint density at radius 3 is 1.23 bits per heavy atom.